The molecule has 0 fully saturated rings. The molecule has 0 radical (unpaired) electrons. The first-order chi connectivity index (χ1) is 10.9. The van der Waals surface area contributed by atoms with Crippen LogP contribution in [0, 0.1) is 27.7 Å². The average Bonchev–Trinajstić information content (AvgIpc) is 2.94. The van der Waals surface area contributed by atoms with Crippen molar-refractivity contribution in [2.24, 2.45) is 0 Å². The summed E-state index contributed by atoms with van der Waals surface area (Å²) >= 11 is 1.59. The lowest BCUT2D eigenvalue weighted by Gasteiger charge is -2.11. The standard InChI is InChI=1S/C17H19N3O2S/c1-9-7-10(2)15(11(3)8-9)16-12(4)23-17-18-13(19-20(16)17)5-6-14(21)22/h7-8H,5-6H2,1-4H3,(H,21,22). The summed E-state index contributed by atoms with van der Waals surface area (Å²) < 4.78 is 1.86. The molecule has 120 valence electrons. The Morgan fingerprint density at radius 2 is 1.87 bits per heavy atom. The van der Waals surface area contributed by atoms with Crippen LogP contribution in [0.25, 0.3) is 16.2 Å². The zero-order valence-electron chi connectivity index (χ0n) is 13.7. The minimum Gasteiger partial charge on any atom is -0.481 e. The van der Waals surface area contributed by atoms with Gasteiger partial charge in [-0.2, -0.15) is 0 Å². The molecule has 3 aromatic rings. The number of thiazole rings is 1. The molecule has 2 heterocycles. The minimum absolute atomic E-state index is 0.0503. The highest BCUT2D eigenvalue weighted by Crippen LogP contribution is 2.35. The van der Waals surface area contributed by atoms with Gasteiger partial charge in [0.05, 0.1) is 12.1 Å². The second-order valence-corrected chi connectivity index (χ2v) is 7.08. The van der Waals surface area contributed by atoms with E-state index in [1.807, 2.05) is 4.52 Å². The van der Waals surface area contributed by atoms with Crippen LogP contribution in [-0.4, -0.2) is 25.7 Å². The van der Waals surface area contributed by atoms with Crippen LogP contribution in [0.4, 0.5) is 0 Å². The summed E-state index contributed by atoms with van der Waals surface area (Å²) in [6.45, 7) is 8.40. The molecule has 0 bridgehead atoms. The summed E-state index contributed by atoms with van der Waals surface area (Å²) in [6.07, 6.45) is 0.406. The van der Waals surface area contributed by atoms with E-state index < -0.39 is 5.97 Å². The van der Waals surface area contributed by atoms with Gasteiger partial charge in [0, 0.05) is 16.9 Å². The van der Waals surface area contributed by atoms with Crippen molar-refractivity contribution in [3.63, 3.8) is 0 Å². The first kappa shape index (κ1) is 15.7. The van der Waals surface area contributed by atoms with Gasteiger partial charge < -0.3 is 5.11 Å². The molecule has 1 N–H and O–H groups in total. The molecule has 0 unspecified atom stereocenters. The number of hydrogen-bond acceptors (Lipinski definition) is 4. The summed E-state index contributed by atoms with van der Waals surface area (Å²) in [4.78, 5) is 17.2. The summed E-state index contributed by atoms with van der Waals surface area (Å²) in [5.74, 6) is -0.243. The van der Waals surface area contributed by atoms with Crippen molar-refractivity contribution in [2.45, 2.75) is 40.5 Å². The molecular formula is C17H19N3O2S. The lowest BCUT2D eigenvalue weighted by molar-refractivity contribution is -0.137. The largest absolute Gasteiger partial charge is 0.481 e. The van der Waals surface area contributed by atoms with E-state index in [1.165, 1.54) is 27.1 Å². The number of carboxylic acid groups (broad SMARTS) is 1. The van der Waals surface area contributed by atoms with Crippen LogP contribution in [0.3, 0.4) is 0 Å². The minimum atomic E-state index is -0.829. The topological polar surface area (TPSA) is 67.5 Å². The molecule has 3 rings (SSSR count). The monoisotopic (exact) mass is 329 g/mol. The van der Waals surface area contributed by atoms with E-state index >= 15 is 0 Å². The van der Waals surface area contributed by atoms with Crippen LogP contribution >= 0.6 is 11.3 Å². The number of hydrogen-bond donors (Lipinski definition) is 1. The van der Waals surface area contributed by atoms with Gasteiger partial charge in [0.1, 0.15) is 0 Å². The third kappa shape index (κ3) is 2.86. The number of aryl methyl sites for hydroxylation is 5. The number of carboxylic acids is 1. The molecule has 1 aromatic carbocycles. The predicted molar refractivity (Wildman–Crippen MR) is 91.2 cm³/mol. The van der Waals surface area contributed by atoms with Crippen LogP contribution < -0.4 is 0 Å². The van der Waals surface area contributed by atoms with Gasteiger partial charge in [0.2, 0.25) is 4.96 Å². The van der Waals surface area contributed by atoms with Crippen molar-refractivity contribution in [3.05, 3.63) is 39.5 Å². The second-order valence-electron chi connectivity index (χ2n) is 5.90. The van der Waals surface area contributed by atoms with Gasteiger partial charge in [-0.1, -0.05) is 29.0 Å². The van der Waals surface area contributed by atoms with E-state index in [1.54, 1.807) is 11.3 Å². The molecule has 0 aliphatic carbocycles. The number of benzene rings is 1. The van der Waals surface area contributed by atoms with E-state index in [2.05, 4.69) is 49.9 Å². The van der Waals surface area contributed by atoms with Crippen molar-refractivity contribution in [1.82, 2.24) is 14.6 Å². The first-order valence-corrected chi connectivity index (χ1v) is 8.33. The van der Waals surface area contributed by atoms with Gasteiger partial charge >= 0.3 is 5.97 Å². The van der Waals surface area contributed by atoms with Gasteiger partial charge in [-0.15, -0.1) is 5.10 Å². The summed E-state index contributed by atoms with van der Waals surface area (Å²) in [7, 11) is 0. The lowest BCUT2D eigenvalue weighted by atomic mass is 9.97. The van der Waals surface area contributed by atoms with Crippen molar-refractivity contribution in [3.8, 4) is 11.3 Å². The van der Waals surface area contributed by atoms with E-state index in [9.17, 15) is 4.79 Å². The first-order valence-electron chi connectivity index (χ1n) is 7.52. The van der Waals surface area contributed by atoms with Crippen LogP contribution in [0.1, 0.15) is 33.8 Å². The Hall–Kier alpha value is -2.21. The zero-order chi connectivity index (χ0) is 16.7. The Morgan fingerprint density at radius 1 is 1.22 bits per heavy atom. The highest BCUT2D eigenvalue weighted by molar-refractivity contribution is 7.17. The highest BCUT2D eigenvalue weighted by atomic mass is 32.1. The lowest BCUT2D eigenvalue weighted by Crippen LogP contribution is -2.00. The third-order valence-corrected chi connectivity index (χ3v) is 4.83. The number of rotatable bonds is 4. The summed E-state index contributed by atoms with van der Waals surface area (Å²) in [5.41, 5.74) is 5.93. The van der Waals surface area contributed by atoms with Crippen LogP contribution in [0.2, 0.25) is 0 Å². The fraction of sp³-hybridized carbons (Fsp3) is 0.353. The molecule has 0 amide bonds. The van der Waals surface area contributed by atoms with E-state index in [-0.39, 0.29) is 6.42 Å². The number of carbonyl (C=O) groups is 1. The molecule has 23 heavy (non-hydrogen) atoms. The molecular weight excluding hydrogens is 310 g/mol. The van der Waals surface area contributed by atoms with Crippen molar-refractivity contribution < 1.29 is 9.90 Å². The Kier molecular flexibility index (Phi) is 3.93. The number of aromatic nitrogens is 3. The van der Waals surface area contributed by atoms with Gasteiger partial charge in [0.25, 0.3) is 0 Å². The molecule has 2 aromatic heterocycles. The molecule has 0 saturated carbocycles. The Bertz CT molecular complexity index is 885. The van der Waals surface area contributed by atoms with Gasteiger partial charge in [-0.25, -0.2) is 9.50 Å². The quantitative estimate of drug-likeness (QED) is 0.792. The van der Waals surface area contributed by atoms with Crippen LogP contribution in [0.15, 0.2) is 12.1 Å². The fourth-order valence-corrected chi connectivity index (χ4v) is 3.97. The molecule has 0 saturated heterocycles. The summed E-state index contributed by atoms with van der Waals surface area (Å²) in [5, 5.41) is 13.4. The zero-order valence-corrected chi connectivity index (χ0v) is 14.5. The van der Waals surface area contributed by atoms with Crippen molar-refractivity contribution in [2.75, 3.05) is 0 Å². The third-order valence-electron chi connectivity index (χ3n) is 3.89. The molecule has 0 spiro atoms. The van der Waals surface area contributed by atoms with E-state index in [0.717, 1.165) is 10.7 Å². The predicted octanol–water partition coefficient (Wildman–Crippen LogP) is 3.71. The van der Waals surface area contributed by atoms with Crippen molar-refractivity contribution in [1.29, 1.82) is 0 Å². The smallest absolute Gasteiger partial charge is 0.303 e. The maximum atomic E-state index is 10.7. The Labute approximate surface area is 138 Å². The van der Waals surface area contributed by atoms with Gasteiger partial charge in [0.15, 0.2) is 5.82 Å². The fourth-order valence-electron chi connectivity index (χ4n) is 3.04. The molecule has 0 aliphatic rings. The summed E-state index contributed by atoms with van der Waals surface area (Å²) in [6, 6.07) is 4.35. The maximum absolute atomic E-state index is 10.7. The molecule has 5 nitrogen and oxygen atoms in total. The molecule has 0 aliphatic heterocycles. The van der Waals surface area contributed by atoms with E-state index in [4.69, 9.17) is 5.11 Å². The molecule has 0 atom stereocenters. The Morgan fingerprint density at radius 3 is 2.48 bits per heavy atom. The van der Waals surface area contributed by atoms with Crippen LogP contribution in [0.5, 0.6) is 0 Å². The Balaban J connectivity index is 2.14. The number of nitrogens with zero attached hydrogens (tertiary/aromatic N) is 3. The number of fused-ring (bicyclic) bond motifs is 1. The van der Waals surface area contributed by atoms with E-state index in [0.29, 0.717) is 12.2 Å². The van der Waals surface area contributed by atoms with Gasteiger partial charge in [-0.05, 0) is 38.8 Å². The number of aliphatic carboxylic acids is 1. The highest BCUT2D eigenvalue weighted by Gasteiger charge is 2.19. The normalized spacial score (nSPS) is 11.3. The average molecular weight is 329 g/mol. The van der Waals surface area contributed by atoms with Gasteiger partial charge in [-0.3, -0.25) is 4.79 Å². The molecule has 6 heteroatoms. The SMILES string of the molecule is Cc1cc(C)c(-c2c(C)sc3nc(CCC(=O)O)nn23)c(C)c1. The van der Waals surface area contributed by atoms with Crippen molar-refractivity contribution >= 4 is 22.3 Å². The second kappa shape index (κ2) is 5.77. The van der Waals surface area contributed by atoms with Crippen LogP contribution in [-0.2, 0) is 11.2 Å². The maximum Gasteiger partial charge on any atom is 0.303 e.